The first kappa shape index (κ1) is 8.29. The molecule has 70 valence electrons. The van der Waals surface area contributed by atoms with Crippen LogP contribution in [0.15, 0.2) is 17.2 Å². The average Bonchev–Trinajstić information content (AvgIpc) is 2.05. The van der Waals surface area contributed by atoms with E-state index in [9.17, 15) is 4.79 Å². The molecule has 2 N–H and O–H groups in total. The first-order valence-electron chi connectivity index (χ1n) is 4.64. The van der Waals surface area contributed by atoms with Gasteiger partial charge in [0.2, 0.25) is 0 Å². The molecule has 1 aliphatic carbocycles. The third kappa shape index (κ3) is 1.88. The van der Waals surface area contributed by atoms with E-state index in [0.29, 0.717) is 5.82 Å². The van der Waals surface area contributed by atoms with Crippen LogP contribution < -0.4 is 10.9 Å². The lowest BCUT2D eigenvalue weighted by molar-refractivity contribution is 0.333. The maximum atomic E-state index is 11.2. The number of rotatable bonds is 3. The molecule has 1 aliphatic rings. The molecule has 1 aromatic heterocycles. The second kappa shape index (κ2) is 3.60. The maximum Gasteiger partial charge on any atom is 0.290 e. The van der Waals surface area contributed by atoms with Crippen molar-refractivity contribution in [3.8, 4) is 0 Å². The zero-order chi connectivity index (χ0) is 9.10. The van der Waals surface area contributed by atoms with Gasteiger partial charge in [-0.15, -0.1) is 0 Å². The Kier molecular flexibility index (Phi) is 2.29. The summed E-state index contributed by atoms with van der Waals surface area (Å²) in [7, 11) is 0. The average molecular weight is 179 g/mol. The van der Waals surface area contributed by atoms with Gasteiger partial charge in [0.15, 0.2) is 5.82 Å². The number of aromatic nitrogens is 2. The SMILES string of the molecule is O=c1[nH]ccnc1NCC1CCC1. The fourth-order valence-corrected chi connectivity index (χ4v) is 1.42. The summed E-state index contributed by atoms with van der Waals surface area (Å²) < 4.78 is 0. The van der Waals surface area contributed by atoms with Crippen LogP contribution >= 0.6 is 0 Å². The minimum Gasteiger partial charge on any atom is -0.365 e. The Bertz CT molecular complexity index is 330. The molecule has 0 bridgehead atoms. The van der Waals surface area contributed by atoms with Gasteiger partial charge in [0.1, 0.15) is 0 Å². The summed E-state index contributed by atoms with van der Waals surface area (Å²) in [5.41, 5.74) is -0.137. The van der Waals surface area contributed by atoms with Crippen LogP contribution in [0.1, 0.15) is 19.3 Å². The van der Waals surface area contributed by atoms with E-state index in [4.69, 9.17) is 0 Å². The monoisotopic (exact) mass is 179 g/mol. The van der Waals surface area contributed by atoms with Crippen molar-refractivity contribution in [3.05, 3.63) is 22.7 Å². The third-order valence-corrected chi connectivity index (χ3v) is 2.49. The lowest BCUT2D eigenvalue weighted by Gasteiger charge is -2.25. The lowest BCUT2D eigenvalue weighted by atomic mass is 9.85. The van der Waals surface area contributed by atoms with E-state index in [1.807, 2.05) is 0 Å². The molecule has 0 unspecified atom stereocenters. The molecule has 0 saturated heterocycles. The van der Waals surface area contributed by atoms with Gasteiger partial charge in [-0.3, -0.25) is 4.79 Å². The predicted octanol–water partition coefficient (Wildman–Crippen LogP) is 0.982. The summed E-state index contributed by atoms with van der Waals surface area (Å²) in [5.74, 6) is 1.18. The van der Waals surface area contributed by atoms with Crippen LogP contribution in [0, 0.1) is 5.92 Å². The van der Waals surface area contributed by atoms with Gasteiger partial charge in [-0.05, 0) is 18.8 Å². The van der Waals surface area contributed by atoms with Crippen LogP contribution in [0.5, 0.6) is 0 Å². The second-order valence-electron chi connectivity index (χ2n) is 3.44. The van der Waals surface area contributed by atoms with E-state index in [0.717, 1.165) is 12.5 Å². The largest absolute Gasteiger partial charge is 0.365 e. The van der Waals surface area contributed by atoms with Crippen LogP contribution in [-0.4, -0.2) is 16.5 Å². The fraction of sp³-hybridized carbons (Fsp3) is 0.556. The quantitative estimate of drug-likeness (QED) is 0.727. The van der Waals surface area contributed by atoms with E-state index in [2.05, 4.69) is 15.3 Å². The number of hydrogen-bond donors (Lipinski definition) is 2. The predicted molar refractivity (Wildman–Crippen MR) is 50.7 cm³/mol. The molecule has 0 spiro atoms. The molecule has 1 aromatic rings. The van der Waals surface area contributed by atoms with Gasteiger partial charge < -0.3 is 10.3 Å². The van der Waals surface area contributed by atoms with Gasteiger partial charge in [-0.2, -0.15) is 0 Å². The lowest BCUT2D eigenvalue weighted by Crippen LogP contribution is -2.24. The fourth-order valence-electron chi connectivity index (χ4n) is 1.42. The summed E-state index contributed by atoms with van der Waals surface area (Å²) >= 11 is 0. The molecular formula is C9H13N3O. The molecule has 0 amide bonds. The van der Waals surface area contributed by atoms with Gasteiger partial charge in [-0.1, -0.05) is 6.42 Å². The summed E-state index contributed by atoms with van der Waals surface area (Å²) in [6.07, 6.45) is 7.00. The van der Waals surface area contributed by atoms with E-state index in [1.165, 1.54) is 25.5 Å². The van der Waals surface area contributed by atoms with Crippen molar-refractivity contribution in [2.45, 2.75) is 19.3 Å². The molecular weight excluding hydrogens is 166 g/mol. The first-order valence-corrected chi connectivity index (χ1v) is 4.64. The number of H-pyrrole nitrogens is 1. The van der Waals surface area contributed by atoms with E-state index < -0.39 is 0 Å². The highest BCUT2D eigenvalue weighted by atomic mass is 16.1. The highest BCUT2D eigenvalue weighted by Crippen LogP contribution is 2.25. The zero-order valence-corrected chi connectivity index (χ0v) is 7.42. The normalized spacial score (nSPS) is 16.6. The highest BCUT2D eigenvalue weighted by Gasteiger charge is 2.17. The molecule has 13 heavy (non-hydrogen) atoms. The van der Waals surface area contributed by atoms with Crippen LogP contribution in [0.4, 0.5) is 5.82 Å². The number of aromatic amines is 1. The Morgan fingerprint density at radius 2 is 2.46 bits per heavy atom. The van der Waals surface area contributed by atoms with Crippen LogP contribution in [-0.2, 0) is 0 Å². The molecule has 0 atom stereocenters. The van der Waals surface area contributed by atoms with Gasteiger partial charge in [-0.25, -0.2) is 4.98 Å². The molecule has 1 saturated carbocycles. The van der Waals surface area contributed by atoms with Crippen LogP contribution in [0.25, 0.3) is 0 Å². The second-order valence-corrected chi connectivity index (χ2v) is 3.44. The molecule has 0 aliphatic heterocycles. The van der Waals surface area contributed by atoms with Crippen molar-refractivity contribution in [2.24, 2.45) is 5.92 Å². The van der Waals surface area contributed by atoms with Gasteiger partial charge in [0, 0.05) is 18.9 Å². The van der Waals surface area contributed by atoms with E-state index >= 15 is 0 Å². The molecule has 0 radical (unpaired) electrons. The van der Waals surface area contributed by atoms with Crippen LogP contribution in [0.3, 0.4) is 0 Å². The highest BCUT2D eigenvalue weighted by molar-refractivity contribution is 5.29. The molecule has 4 heteroatoms. The van der Waals surface area contributed by atoms with E-state index in [-0.39, 0.29) is 5.56 Å². The van der Waals surface area contributed by atoms with Gasteiger partial charge >= 0.3 is 0 Å². The minimum absolute atomic E-state index is 0.137. The number of nitrogens with one attached hydrogen (secondary N) is 2. The number of hydrogen-bond acceptors (Lipinski definition) is 3. The Labute approximate surface area is 76.4 Å². The zero-order valence-electron chi connectivity index (χ0n) is 7.42. The van der Waals surface area contributed by atoms with Crippen molar-refractivity contribution in [3.63, 3.8) is 0 Å². The summed E-state index contributed by atoms with van der Waals surface area (Å²) in [5, 5.41) is 3.06. The van der Waals surface area contributed by atoms with Crippen LogP contribution in [0.2, 0.25) is 0 Å². The summed E-state index contributed by atoms with van der Waals surface area (Å²) in [6.45, 7) is 0.875. The Balaban J connectivity index is 1.93. The van der Waals surface area contributed by atoms with Gasteiger partial charge in [0.05, 0.1) is 0 Å². The van der Waals surface area contributed by atoms with E-state index in [1.54, 1.807) is 6.20 Å². The van der Waals surface area contributed by atoms with Gasteiger partial charge in [0.25, 0.3) is 5.56 Å². The molecule has 4 nitrogen and oxygen atoms in total. The number of nitrogens with zero attached hydrogens (tertiary/aromatic N) is 1. The van der Waals surface area contributed by atoms with Crippen molar-refractivity contribution in [2.75, 3.05) is 11.9 Å². The minimum atomic E-state index is -0.137. The summed E-state index contributed by atoms with van der Waals surface area (Å²) in [6, 6.07) is 0. The van der Waals surface area contributed by atoms with Crippen molar-refractivity contribution >= 4 is 5.82 Å². The maximum absolute atomic E-state index is 11.2. The Morgan fingerprint density at radius 3 is 3.08 bits per heavy atom. The van der Waals surface area contributed by atoms with Crippen molar-refractivity contribution in [1.82, 2.24) is 9.97 Å². The smallest absolute Gasteiger partial charge is 0.290 e. The standard InChI is InChI=1S/C9H13N3O/c13-9-8(10-4-5-11-9)12-6-7-2-1-3-7/h4-5,7H,1-3,6H2,(H,10,12)(H,11,13). The first-order chi connectivity index (χ1) is 6.36. The molecule has 2 rings (SSSR count). The van der Waals surface area contributed by atoms with Crippen molar-refractivity contribution < 1.29 is 0 Å². The topological polar surface area (TPSA) is 57.8 Å². The third-order valence-electron chi connectivity index (χ3n) is 2.49. The Morgan fingerprint density at radius 1 is 1.62 bits per heavy atom. The molecule has 1 fully saturated rings. The summed E-state index contributed by atoms with van der Waals surface area (Å²) in [4.78, 5) is 17.7. The number of anilines is 1. The molecule has 0 aromatic carbocycles. The van der Waals surface area contributed by atoms with Crippen molar-refractivity contribution in [1.29, 1.82) is 0 Å². The molecule has 1 heterocycles. The Hall–Kier alpha value is -1.32.